The number of hydrogen-bond acceptors (Lipinski definition) is 3. The second-order valence-electron chi connectivity index (χ2n) is 5.33. The number of rotatable bonds is 3. The van der Waals surface area contributed by atoms with Crippen LogP contribution in [0, 0.1) is 5.92 Å². The maximum absolute atomic E-state index is 12.4. The fraction of sp³-hybridized carbons (Fsp3) is 0.615. The van der Waals surface area contributed by atoms with Crippen LogP contribution in [-0.4, -0.2) is 56.3 Å². The van der Waals surface area contributed by atoms with Gasteiger partial charge in [-0.1, -0.05) is 0 Å². The first-order valence-corrected chi connectivity index (χ1v) is 6.62. The van der Waals surface area contributed by atoms with Crippen molar-refractivity contribution in [1.29, 1.82) is 0 Å². The summed E-state index contributed by atoms with van der Waals surface area (Å²) in [5.41, 5.74) is 0.949. The molecular formula is C13H20N4O3. The average Bonchev–Trinajstić information content (AvgIpc) is 2.94. The first-order valence-electron chi connectivity index (χ1n) is 6.62. The molecule has 1 N–H and O–H groups in total. The van der Waals surface area contributed by atoms with E-state index in [9.17, 15) is 9.59 Å². The Kier molecular flexibility index (Phi) is 3.96. The van der Waals surface area contributed by atoms with Crippen LogP contribution in [0.25, 0.3) is 0 Å². The van der Waals surface area contributed by atoms with Gasteiger partial charge in [-0.3, -0.25) is 9.48 Å². The van der Waals surface area contributed by atoms with E-state index < -0.39 is 11.9 Å². The van der Waals surface area contributed by atoms with Gasteiger partial charge in [0.05, 0.1) is 18.7 Å². The van der Waals surface area contributed by atoms with Gasteiger partial charge in [-0.15, -0.1) is 0 Å². The van der Waals surface area contributed by atoms with Crippen LogP contribution in [-0.2, 0) is 18.4 Å². The predicted molar refractivity (Wildman–Crippen MR) is 72.0 cm³/mol. The van der Waals surface area contributed by atoms with Crippen LogP contribution in [0.4, 0.5) is 4.79 Å². The summed E-state index contributed by atoms with van der Waals surface area (Å²) in [6, 6.07) is -0.401. The van der Waals surface area contributed by atoms with Gasteiger partial charge in [0, 0.05) is 38.4 Å². The van der Waals surface area contributed by atoms with E-state index in [1.165, 1.54) is 0 Å². The Bertz CT molecular complexity index is 513. The molecule has 2 atom stereocenters. The predicted octanol–water partition coefficient (Wildman–Crippen LogP) is 0.767. The number of aromatic nitrogens is 2. The van der Waals surface area contributed by atoms with Gasteiger partial charge >= 0.3 is 12.0 Å². The summed E-state index contributed by atoms with van der Waals surface area (Å²) in [5.74, 6) is -1.30. The Labute approximate surface area is 117 Å². The Morgan fingerprint density at radius 2 is 2.25 bits per heavy atom. The van der Waals surface area contributed by atoms with Gasteiger partial charge in [-0.05, 0) is 13.3 Å². The van der Waals surface area contributed by atoms with Crippen LogP contribution >= 0.6 is 0 Å². The van der Waals surface area contributed by atoms with E-state index in [-0.39, 0.29) is 12.1 Å². The molecule has 0 spiro atoms. The van der Waals surface area contributed by atoms with Crippen LogP contribution in [0.15, 0.2) is 12.4 Å². The second-order valence-corrected chi connectivity index (χ2v) is 5.33. The zero-order chi connectivity index (χ0) is 14.9. The summed E-state index contributed by atoms with van der Waals surface area (Å²) in [5, 5.41) is 13.2. The van der Waals surface area contributed by atoms with Crippen molar-refractivity contribution in [3.8, 4) is 0 Å². The zero-order valence-corrected chi connectivity index (χ0v) is 12.0. The molecule has 0 radical (unpaired) electrons. The lowest BCUT2D eigenvalue weighted by Crippen LogP contribution is -2.44. The zero-order valence-electron chi connectivity index (χ0n) is 12.0. The highest BCUT2D eigenvalue weighted by Gasteiger charge is 2.39. The van der Waals surface area contributed by atoms with Crippen molar-refractivity contribution >= 4 is 12.0 Å². The van der Waals surface area contributed by atoms with E-state index in [2.05, 4.69) is 5.10 Å². The molecule has 1 aromatic rings. The van der Waals surface area contributed by atoms with Crippen LogP contribution in [0.2, 0.25) is 0 Å². The number of likely N-dealkylation sites (tertiary alicyclic amines) is 1. The summed E-state index contributed by atoms with van der Waals surface area (Å²) < 4.78 is 1.69. The van der Waals surface area contributed by atoms with Crippen molar-refractivity contribution in [2.75, 3.05) is 13.6 Å². The third kappa shape index (κ3) is 2.76. The van der Waals surface area contributed by atoms with Gasteiger partial charge in [0.2, 0.25) is 0 Å². The minimum Gasteiger partial charge on any atom is -0.481 e. The molecule has 7 heteroatoms. The smallest absolute Gasteiger partial charge is 0.320 e. The second kappa shape index (κ2) is 5.52. The highest BCUT2D eigenvalue weighted by molar-refractivity contribution is 5.78. The Hall–Kier alpha value is -2.05. The van der Waals surface area contributed by atoms with E-state index in [4.69, 9.17) is 5.11 Å². The van der Waals surface area contributed by atoms with Gasteiger partial charge in [0.15, 0.2) is 0 Å². The number of aryl methyl sites for hydroxylation is 1. The summed E-state index contributed by atoms with van der Waals surface area (Å²) in [6.07, 6.45) is 4.09. The van der Waals surface area contributed by atoms with E-state index >= 15 is 0 Å². The summed E-state index contributed by atoms with van der Waals surface area (Å²) in [4.78, 5) is 26.7. The van der Waals surface area contributed by atoms with Crippen molar-refractivity contribution in [2.45, 2.75) is 25.9 Å². The average molecular weight is 280 g/mol. The molecule has 2 rings (SSSR count). The standard InChI is InChI=1S/C13H20N4O3/c1-9-11(12(18)19)4-5-17(9)13(20)15(2)7-10-6-14-16(3)8-10/h6,8-9,11H,4-5,7H2,1-3H3,(H,18,19). The van der Waals surface area contributed by atoms with Crippen molar-refractivity contribution in [3.05, 3.63) is 18.0 Å². The molecule has 7 nitrogen and oxygen atoms in total. The van der Waals surface area contributed by atoms with E-state index in [0.717, 1.165) is 5.56 Å². The van der Waals surface area contributed by atoms with Crippen LogP contribution in [0.1, 0.15) is 18.9 Å². The molecule has 1 aromatic heterocycles. The molecule has 0 aromatic carbocycles. The van der Waals surface area contributed by atoms with Crippen molar-refractivity contribution in [1.82, 2.24) is 19.6 Å². The molecule has 0 bridgehead atoms. The summed E-state index contributed by atoms with van der Waals surface area (Å²) >= 11 is 0. The first kappa shape index (κ1) is 14.4. The molecule has 1 saturated heterocycles. The minimum absolute atomic E-state index is 0.134. The monoisotopic (exact) mass is 280 g/mol. The Morgan fingerprint density at radius 3 is 2.75 bits per heavy atom. The topological polar surface area (TPSA) is 78.7 Å². The fourth-order valence-corrected chi connectivity index (χ4v) is 2.65. The maximum atomic E-state index is 12.4. The highest BCUT2D eigenvalue weighted by Crippen LogP contribution is 2.25. The van der Waals surface area contributed by atoms with Crippen molar-refractivity contribution < 1.29 is 14.7 Å². The first-order chi connectivity index (χ1) is 9.40. The van der Waals surface area contributed by atoms with Crippen LogP contribution in [0.3, 0.4) is 0 Å². The SMILES string of the molecule is CC1C(C(=O)O)CCN1C(=O)N(C)Cc1cnn(C)c1. The number of carbonyl (C=O) groups excluding carboxylic acids is 1. The number of nitrogens with zero attached hydrogens (tertiary/aromatic N) is 4. The molecule has 1 aliphatic heterocycles. The third-order valence-electron chi connectivity index (χ3n) is 3.82. The number of aliphatic carboxylic acids is 1. The molecule has 1 fully saturated rings. The van der Waals surface area contributed by atoms with Gasteiger partial charge in [0.25, 0.3) is 0 Å². The number of carboxylic acid groups (broad SMARTS) is 1. The molecule has 20 heavy (non-hydrogen) atoms. The molecule has 0 aliphatic carbocycles. The largest absolute Gasteiger partial charge is 0.481 e. The normalized spacial score (nSPS) is 22.1. The molecule has 110 valence electrons. The fourth-order valence-electron chi connectivity index (χ4n) is 2.65. The van der Waals surface area contributed by atoms with Gasteiger partial charge < -0.3 is 14.9 Å². The van der Waals surface area contributed by atoms with Crippen molar-refractivity contribution in [2.24, 2.45) is 13.0 Å². The number of carboxylic acids is 1. The summed E-state index contributed by atoms with van der Waals surface area (Å²) in [7, 11) is 3.54. The quantitative estimate of drug-likeness (QED) is 0.887. The van der Waals surface area contributed by atoms with Crippen LogP contribution in [0.5, 0.6) is 0 Å². The van der Waals surface area contributed by atoms with E-state index in [1.807, 2.05) is 13.2 Å². The van der Waals surface area contributed by atoms with Gasteiger partial charge in [0.1, 0.15) is 0 Å². The Morgan fingerprint density at radius 1 is 1.55 bits per heavy atom. The van der Waals surface area contributed by atoms with Gasteiger partial charge in [-0.25, -0.2) is 4.79 Å². The number of amides is 2. The molecular weight excluding hydrogens is 260 g/mol. The minimum atomic E-state index is -0.831. The lowest BCUT2D eigenvalue weighted by molar-refractivity contribution is -0.142. The molecule has 1 aliphatic rings. The van der Waals surface area contributed by atoms with E-state index in [1.54, 1.807) is 34.6 Å². The molecule has 2 unspecified atom stereocenters. The summed E-state index contributed by atoms with van der Waals surface area (Å²) in [6.45, 7) is 2.75. The third-order valence-corrected chi connectivity index (χ3v) is 3.82. The highest BCUT2D eigenvalue weighted by atomic mass is 16.4. The number of urea groups is 1. The number of carbonyl (C=O) groups is 2. The number of hydrogen-bond donors (Lipinski definition) is 1. The molecule has 2 heterocycles. The maximum Gasteiger partial charge on any atom is 0.320 e. The van der Waals surface area contributed by atoms with Gasteiger partial charge in [-0.2, -0.15) is 5.10 Å². The van der Waals surface area contributed by atoms with E-state index in [0.29, 0.717) is 19.5 Å². The molecule has 2 amide bonds. The lowest BCUT2D eigenvalue weighted by Gasteiger charge is -2.28. The van der Waals surface area contributed by atoms with Crippen LogP contribution < -0.4 is 0 Å². The Balaban J connectivity index is 1.99. The molecule has 0 saturated carbocycles. The van der Waals surface area contributed by atoms with Crippen molar-refractivity contribution in [3.63, 3.8) is 0 Å². The lowest BCUT2D eigenvalue weighted by atomic mass is 10.0.